The van der Waals surface area contributed by atoms with Crippen molar-refractivity contribution in [2.24, 2.45) is 0 Å². The average Bonchev–Trinajstić information content (AvgIpc) is 2.77. The second-order valence-electron chi connectivity index (χ2n) is 5.13. The van der Waals surface area contributed by atoms with Crippen LogP contribution in [-0.2, 0) is 6.42 Å². The molecule has 1 unspecified atom stereocenters. The van der Waals surface area contributed by atoms with Crippen molar-refractivity contribution in [3.8, 4) is 0 Å². The van der Waals surface area contributed by atoms with Crippen LogP contribution >= 0.6 is 22.9 Å². The fraction of sp³-hybridized carbons (Fsp3) is 0.438. The summed E-state index contributed by atoms with van der Waals surface area (Å²) in [6.45, 7) is 7.28. The van der Waals surface area contributed by atoms with Crippen LogP contribution in [0.1, 0.15) is 41.1 Å². The Hall–Kier alpha value is -0.900. The predicted molar refractivity (Wildman–Crippen MR) is 87.8 cm³/mol. The van der Waals surface area contributed by atoms with Crippen LogP contribution in [0.15, 0.2) is 23.7 Å². The van der Waals surface area contributed by atoms with Gasteiger partial charge in [-0.15, -0.1) is 11.3 Å². The molecule has 0 aromatic carbocycles. The van der Waals surface area contributed by atoms with Crippen LogP contribution in [-0.4, -0.2) is 11.5 Å². The van der Waals surface area contributed by atoms with Gasteiger partial charge in [-0.05, 0) is 49.4 Å². The number of pyridine rings is 1. The summed E-state index contributed by atoms with van der Waals surface area (Å²) in [5, 5.41) is 6.61. The molecule has 108 valence electrons. The van der Waals surface area contributed by atoms with Crippen LogP contribution in [0.5, 0.6) is 0 Å². The van der Waals surface area contributed by atoms with Crippen molar-refractivity contribution in [1.82, 2.24) is 10.3 Å². The minimum atomic E-state index is 0.247. The maximum atomic E-state index is 6.42. The first-order valence-electron chi connectivity index (χ1n) is 7.00. The van der Waals surface area contributed by atoms with E-state index in [0.717, 1.165) is 35.7 Å². The molecule has 4 heteroatoms. The molecule has 0 saturated carbocycles. The zero-order valence-corrected chi connectivity index (χ0v) is 13.8. The fourth-order valence-corrected chi connectivity index (χ4v) is 3.49. The van der Waals surface area contributed by atoms with Crippen LogP contribution in [0.3, 0.4) is 0 Å². The van der Waals surface area contributed by atoms with Crippen molar-refractivity contribution >= 4 is 22.9 Å². The third-order valence-corrected chi connectivity index (χ3v) is 5.10. The molecule has 0 aliphatic heterocycles. The number of thiophene rings is 1. The molecular weight excluding hydrogens is 288 g/mol. The number of nitrogens with zero attached hydrogens (tertiary/aromatic N) is 1. The van der Waals surface area contributed by atoms with Gasteiger partial charge in [-0.25, -0.2) is 0 Å². The second-order valence-corrected chi connectivity index (χ2v) is 6.42. The highest BCUT2D eigenvalue weighted by atomic mass is 35.5. The van der Waals surface area contributed by atoms with Gasteiger partial charge in [0.1, 0.15) is 0 Å². The molecule has 1 atom stereocenters. The van der Waals surface area contributed by atoms with Gasteiger partial charge in [0.2, 0.25) is 0 Å². The summed E-state index contributed by atoms with van der Waals surface area (Å²) in [6, 6.07) is 4.46. The van der Waals surface area contributed by atoms with Crippen molar-refractivity contribution in [1.29, 1.82) is 0 Å². The third kappa shape index (κ3) is 3.81. The van der Waals surface area contributed by atoms with E-state index in [9.17, 15) is 0 Å². The van der Waals surface area contributed by atoms with Crippen LogP contribution in [0, 0.1) is 13.8 Å². The average molecular weight is 309 g/mol. The molecular formula is C16H21ClN2S. The van der Waals surface area contributed by atoms with E-state index < -0.39 is 0 Å². The Morgan fingerprint density at radius 3 is 2.70 bits per heavy atom. The first-order chi connectivity index (χ1) is 9.61. The van der Waals surface area contributed by atoms with Gasteiger partial charge in [0.25, 0.3) is 0 Å². The van der Waals surface area contributed by atoms with Gasteiger partial charge in [-0.3, -0.25) is 4.98 Å². The van der Waals surface area contributed by atoms with Crippen molar-refractivity contribution in [2.75, 3.05) is 6.54 Å². The highest BCUT2D eigenvalue weighted by molar-refractivity contribution is 7.10. The Morgan fingerprint density at radius 2 is 2.15 bits per heavy atom. The summed E-state index contributed by atoms with van der Waals surface area (Å²) in [6.07, 6.45) is 3.91. The van der Waals surface area contributed by atoms with Gasteiger partial charge in [-0.1, -0.05) is 24.6 Å². The molecule has 0 aliphatic rings. The van der Waals surface area contributed by atoms with Gasteiger partial charge in [0, 0.05) is 29.2 Å². The van der Waals surface area contributed by atoms with Gasteiger partial charge >= 0.3 is 0 Å². The largest absolute Gasteiger partial charge is 0.309 e. The van der Waals surface area contributed by atoms with Gasteiger partial charge in [0.15, 0.2) is 0 Å². The van der Waals surface area contributed by atoms with Gasteiger partial charge in [0.05, 0.1) is 5.02 Å². The monoisotopic (exact) mass is 308 g/mol. The number of rotatable bonds is 6. The number of aromatic nitrogens is 1. The van der Waals surface area contributed by atoms with Crippen molar-refractivity contribution in [2.45, 2.75) is 39.7 Å². The minimum absolute atomic E-state index is 0.247. The molecule has 0 spiro atoms. The third-order valence-electron chi connectivity index (χ3n) is 3.27. The van der Waals surface area contributed by atoms with E-state index in [-0.39, 0.29) is 6.04 Å². The standard InChI is InChI=1S/C16H21ClN2S/c1-4-7-18-14(16-15(17)12(3)10-20-16)8-13-6-5-11(2)9-19-13/h5-6,9-10,14,18H,4,7-8H2,1-3H3. The lowest BCUT2D eigenvalue weighted by Gasteiger charge is -2.17. The molecule has 2 rings (SSSR count). The molecule has 2 aromatic heterocycles. The van der Waals surface area contributed by atoms with E-state index in [1.54, 1.807) is 11.3 Å². The van der Waals surface area contributed by atoms with E-state index in [0.29, 0.717) is 0 Å². The number of hydrogen-bond donors (Lipinski definition) is 1. The molecule has 1 N–H and O–H groups in total. The first-order valence-corrected chi connectivity index (χ1v) is 8.26. The van der Waals surface area contributed by atoms with E-state index in [1.807, 2.05) is 6.20 Å². The molecule has 0 aliphatic carbocycles. The van der Waals surface area contributed by atoms with E-state index in [4.69, 9.17) is 11.6 Å². The Kier molecular flexibility index (Phi) is 5.58. The number of nitrogens with one attached hydrogen (secondary N) is 1. The van der Waals surface area contributed by atoms with Gasteiger partial charge in [-0.2, -0.15) is 0 Å². The molecule has 0 amide bonds. The van der Waals surface area contributed by atoms with Crippen LogP contribution in [0.25, 0.3) is 0 Å². The van der Waals surface area contributed by atoms with Crippen molar-refractivity contribution < 1.29 is 0 Å². The Labute approximate surface area is 130 Å². The Balaban J connectivity index is 2.19. The summed E-state index contributed by atoms with van der Waals surface area (Å²) in [7, 11) is 0. The van der Waals surface area contributed by atoms with Crippen molar-refractivity contribution in [3.63, 3.8) is 0 Å². The molecule has 0 bridgehead atoms. The number of aryl methyl sites for hydroxylation is 2. The summed E-state index contributed by atoms with van der Waals surface area (Å²) in [5.74, 6) is 0. The Bertz CT molecular complexity index is 548. The normalized spacial score (nSPS) is 12.6. The fourth-order valence-electron chi connectivity index (χ4n) is 2.09. The first kappa shape index (κ1) is 15.5. The highest BCUT2D eigenvalue weighted by Gasteiger charge is 2.18. The molecule has 2 heterocycles. The molecule has 2 aromatic rings. The molecule has 0 saturated heterocycles. The summed E-state index contributed by atoms with van der Waals surface area (Å²) >= 11 is 8.16. The van der Waals surface area contributed by atoms with E-state index >= 15 is 0 Å². The summed E-state index contributed by atoms with van der Waals surface area (Å²) in [5.41, 5.74) is 3.45. The smallest absolute Gasteiger partial charge is 0.0590 e. The summed E-state index contributed by atoms with van der Waals surface area (Å²) in [4.78, 5) is 5.73. The zero-order chi connectivity index (χ0) is 14.5. The topological polar surface area (TPSA) is 24.9 Å². The highest BCUT2D eigenvalue weighted by Crippen LogP contribution is 2.33. The second kappa shape index (κ2) is 7.21. The molecule has 0 fully saturated rings. The molecule has 2 nitrogen and oxygen atoms in total. The van der Waals surface area contributed by atoms with Crippen molar-refractivity contribution in [3.05, 3.63) is 50.4 Å². The SMILES string of the molecule is CCCNC(Cc1ccc(C)cn1)c1scc(C)c1Cl. The van der Waals surface area contributed by atoms with E-state index in [1.165, 1.54) is 10.4 Å². The summed E-state index contributed by atoms with van der Waals surface area (Å²) < 4.78 is 0. The Morgan fingerprint density at radius 1 is 1.35 bits per heavy atom. The lowest BCUT2D eigenvalue weighted by molar-refractivity contribution is 0.531. The van der Waals surface area contributed by atoms with E-state index in [2.05, 4.69) is 48.6 Å². The minimum Gasteiger partial charge on any atom is -0.309 e. The quantitative estimate of drug-likeness (QED) is 0.837. The van der Waals surface area contributed by atoms with Gasteiger partial charge < -0.3 is 5.32 Å². The number of hydrogen-bond acceptors (Lipinski definition) is 3. The molecule has 20 heavy (non-hydrogen) atoms. The maximum Gasteiger partial charge on any atom is 0.0590 e. The van der Waals surface area contributed by atoms with Crippen LogP contribution in [0.4, 0.5) is 0 Å². The predicted octanol–water partition coefficient (Wildman–Crippen LogP) is 4.70. The van der Waals surface area contributed by atoms with Crippen LogP contribution < -0.4 is 5.32 Å². The maximum absolute atomic E-state index is 6.42. The lowest BCUT2D eigenvalue weighted by atomic mass is 10.1. The molecule has 0 radical (unpaired) electrons. The zero-order valence-electron chi connectivity index (χ0n) is 12.2. The number of halogens is 1. The van der Waals surface area contributed by atoms with Crippen LogP contribution in [0.2, 0.25) is 5.02 Å². The lowest BCUT2D eigenvalue weighted by Crippen LogP contribution is -2.24.